The maximum absolute atomic E-state index is 13.5. The Morgan fingerprint density at radius 2 is 2.11 bits per heavy atom. The predicted molar refractivity (Wildman–Crippen MR) is 62.9 cm³/mol. The molecule has 1 unspecified atom stereocenters. The Morgan fingerprint density at radius 1 is 1.44 bits per heavy atom. The van der Waals surface area contributed by atoms with Gasteiger partial charge in [0.05, 0.1) is 17.9 Å². The van der Waals surface area contributed by atoms with Crippen molar-refractivity contribution in [3.8, 4) is 0 Å². The number of anilines is 1. The van der Waals surface area contributed by atoms with Crippen molar-refractivity contribution in [2.45, 2.75) is 19.4 Å². The van der Waals surface area contributed by atoms with Crippen molar-refractivity contribution < 1.29 is 23.4 Å². The Balaban J connectivity index is 3.01. The minimum absolute atomic E-state index is 0.0438. The topological polar surface area (TPSA) is 58.6 Å². The van der Waals surface area contributed by atoms with Crippen LogP contribution in [0.5, 0.6) is 0 Å². The van der Waals surface area contributed by atoms with E-state index >= 15 is 0 Å². The second kappa shape index (κ2) is 6.30. The first-order valence-electron chi connectivity index (χ1n) is 5.47. The summed E-state index contributed by atoms with van der Waals surface area (Å²) in [6.07, 6.45) is 0.660. The van der Waals surface area contributed by atoms with Gasteiger partial charge < -0.3 is 15.2 Å². The minimum atomic E-state index is -1.43. The van der Waals surface area contributed by atoms with Crippen LogP contribution in [-0.2, 0) is 4.74 Å². The third-order valence-electron chi connectivity index (χ3n) is 2.51. The maximum atomic E-state index is 13.5. The Labute approximate surface area is 104 Å². The summed E-state index contributed by atoms with van der Waals surface area (Å²) >= 11 is 0. The smallest absolute Gasteiger partial charge is 0.338 e. The van der Waals surface area contributed by atoms with Gasteiger partial charge in [-0.25, -0.2) is 13.6 Å². The van der Waals surface area contributed by atoms with E-state index in [4.69, 9.17) is 9.84 Å². The molecule has 0 aliphatic rings. The summed E-state index contributed by atoms with van der Waals surface area (Å²) in [6.45, 7) is 2.21. The van der Waals surface area contributed by atoms with Crippen molar-refractivity contribution >= 4 is 11.7 Å². The monoisotopic (exact) mass is 259 g/mol. The van der Waals surface area contributed by atoms with Crippen LogP contribution in [0.4, 0.5) is 14.5 Å². The summed E-state index contributed by atoms with van der Waals surface area (Å²) in [5, 5.41) is 11.6. The molecule has 18 heavy (non-hydrogen) atoms. The first-order chi connectivity index (χ1) is 8.49. The summed E-state index contributed by atoms with van der Waals surface area (Å²) in [4.78, 5) is 10.8. The quantitative estimate of drug-likeness (QED) is 0.824. The van der Waals surface area contributed by atoms with Gasteiger partial charge in [-0.05, 0) is 12.5 Å². The average molecular weight is 259 g/mol. The summed E-state index contributed by atoms with van der Waals surface area (Å²) in [5.41, 5.74) is -0.608. The number of nitrogens with one attached hydrogen (secondary N) is 1. The van der Waals surface area contributed by atoms with E-state index in [2.05, 4.69) is 5.32 Å². The highest BCUT2D eigenvalue weighted by Gasteiger charge is 2.16. The van der Waals surface area contributed by atoms with E-state index in [1.54, 1.807) is 0 Å². The van der Waals surface area contributed by atoms with Gasteiger partial charge >= 0.3 is 5.97 Å². The highest BCUT2D eigenvalue weighted by molar-refractivity contribution is 5.89. The number of methoxy groups -OCH3 is 1. The third-order valence-corrected chi connectivity index (χ3v) is 2.51. The van der Waals surface area contributed by atoms with Crippen LogP contribution in [-0.4, -0.2) is 30.8 Å². The number of benzene rings is 1. The van der Waals surface area contributed by atoms with Crippen LogP contribution in [0.3, 0.4) is 0 Å². The Morgan fingerprint density at radius 3 is 2.61 bits per heavy atom. The Hall–Kier alpha value is -1.69. The van der Waals surface area contributed by atoms with Crippen LogP contribution >= 0.6 is 0 Å². The average Bonchev–Trinajstić information content (AvgIpc) is 2.31. The molecule has 0 radical (unpaired) electrons. The van der Waals surface area contributed by atoms with Crippen molar-refractivity contribution in [2.24, 2.45) is 0 Å². The fraction of sp³-hybridized carbons (Fsp3) is 0.417. The molecule has 0 heterocycles. The van der Waals surface area contributed by atoms with Gasteiger partial charge in [-0.2, -0.15) is 0 Å². The molecule has 1 atom stereocenters. The van der Waals surface area contributed by atoms with Crippen LogP contribution in [0.25, 0.3) is 0 Å². The molecule has 0 spiro atoms. The normalized spacial score (nSPS) is 12.2. The zero-order chi connectivity index (χ0) is 13.7. The predicted octanol–water partition coefficient (Wildman–Crippen LogP) is 2.50. The molecule has 0 amide bonds. The minimum Gasteiger partial charge on any atom is -0.478 e. The number of halogens is 2. The van der Waals surface area contributed by atoms with Gasteiger partial charge in [0, 0.05) is 19.2 Å². The summed E-state index contributed by atoms with van der Waals surface area (Å²) in [6, 6.07) is 1.34. The lowest BCUT2D eigenvalue weighted by Crippen LogP contribution is -2.24. The van der Waals surface area contributed by atoms with E-state index in [1.165, 1.54) is 7.11 Å². The molecular weight excluding hydrogens is 244 g/mol. The van der Waals surface area contributed by atoms with Crippen LogP contribution in [0.15, 0.2) is 12.1 Å². The lowest BCUT2D eigenvalue weighted by molar-refractivity contribution is 0.0692. The first-order valence-corrected chi connectivity index (χ1v) is 5.47. The van der Waals surface area contributed by atoms with Gasteiger partial charge in [0.25, 0.3) is 0 Å². The largest absolute Gasteiger partial charge is 0.478 e. The fourth-order valence-corrected chi connectivity index (χ4v) is 1.51. The lowest BCUT2D eigenvalue weighted by atomic mass is 10.1. The van der Waals surface area contributed by atoms with E-state index in [0.29, 0.717) is 19.1 Å². The number of ether oxygens (including phenoxy) is 1. The van der Waals surface area contributed by atoms with E-state index in [1.807, 2.05) is 6.92 Å². The Kier molecular flexibility index (Phi) is 5.03. The number of hydrogen-bond donors (Lipinski definition) is 2. The molecule has 4 nitrogen and oxygen atoms in total. The molecule has 2 N–H and O–H groups in total. The lowest BCUT2D eigenvalue weighted by Gasteiger charge is -2.18. The zero-order valence-electron chi connectivity index (χ0n) is 10.2. The number of rotatable bonds is 6. The van der Waals surface area contributed by atoms with Crippen molar-refractivity contribution in [3.05, 3.63) is 29.3 Å². The van der Waals surface area contributed by atoms with Gasteiger partial charge in [0.2, 0.25) is 0 Å². The van der Waals surface area contributed by atoms with Crippen molar-refractivity contribution in [1.82, 2.24) is 0 Å². The third kappa shape index (κ3) is 3.40. The van der Waals surface area contributed by atoms with Crippen molar-refractivity contribution in [1.29, 1.82) is 0 Å². The van der Waals surface area contributed by atoms with Crippen molar-refractivity contribution in [3.63, 3.8) is 0 Å². The maximum Gasteiger partial charge on any atom is 0.338 e. The molecule has 0 fully saturated rings. The molecule has 1 aromatic carbocycles. The Bertz CT molecular complexity index is 438. The molecule has 1 rings (SSSR count). The molecule has 6 heteroatoms. The second-order valence-electron chi connectivity index (χ2n) is 3.82. The molecule has 0 aromatic heterocycles. The van der Waals surface area contributed by atoms with Gasteiger partial charge in [0.1, 0.15) is 11.6 Å². The highest BCUT2D eigenvalue weighted by atomic mass is 19.1. The fourth-order valence-electron chi connectivity index (χ4n) is 1.51. The van der Waals surface area contributed by atoms with Gasteiger partial charge in [-0.3, -0.25) is 0 Å². The van der Waals surface area contributed by atoms with Crippen LogP contribution in [0.2, 0.25) is 0 Å². The van der Waals surface area contributed by atoms with E-state index in [9.17, 15) is 13.6 Å². The van der Waals surface area contributed by atoms with Gasteiger partial charge in [-0.15, -0.1) is 0 Å². The van der Waals surface area contributed by atoms with E-state index < -0.39 is 23.2 Å². The number of aromatic carboxylic acids is 1. The van der Waals surface area contributed by atoms with Crippen LogP contribution in [0.1, 0.15) is 23.7 Å². The second-order valence-corrected chi connectivity index (χ2v) is 3.82. The van der Waals surface area contributed by atoms with Crippen LogP contribution in [0, 0.1) is 11.6 Å². The molecule has 1 aromatic rings. The van der Waals surface area contributed by atoms with E-state index in [0.717, 1.165) is 6.07 Å². The van der Waals surface area contributed by atoms with Gasteiger partial charge in [0.15, 0.2) is 0 Å². The number of carboxylic acids is 1. The molecule has 0 aliphatic heterocycles. The number of carboxylic acid groups (broad SMARTS) is 1. The molecule has 0 saturated carbocycles. The summed E-state index contributed by atoms with van der Waals surface area (Å²) in [5.74, 6) is -3.35. The molecule has 0 saturated heterocycles. The highest BCUT2D eigenvalue weighted by Crippen LogP contribution is 2.21. The van der Waals surface area contributed by atoms with Gasteiger partial charge in [-0.1, -0.05) is 6.92 Å². The summed E-state index contributed by atoms with van der Waals surface area (Å²) < 4.78 is 31.6. The SMILES string of the molecule is CCC(COC)Nc1cc(C(=O)O)c(F)cc1F. The van der Waals surface area contributed by atoms with Crippen LogP contribution < -0.4 is 5.32 Å². The molecule has 100 valence electrons. The molecule has 0 bridgehead atoms. The van der Waals surface area contributed by atoms with E-state index in [-0.39, 0.29) is 11.7 Å². The first kappa shape index (κ1) is 14.4. The molecule has 0 aliphatic carbocycles. The number of carbonyl (C=O) groups is 1. The number of hydrogen-bond acceptors (Lipinski definition) is 3. The summed E-state index contributed by atoms with van der Waals surface area (Å²) in [7, 11) is 1.51. The van der Waals surface area contributed by atoms with Crippen molar-refractivity contribution in [2.75, 3.05) is 19.0 Å². The standard InChI is InChI=1S/C12H15F2NO3/c1-3-7(6-18-2)15-11-4-8(12(16)17)9(13)5-10(11)14/h4-5,7,15H,3,6H2,1-2H3,(H,16,17). The zero-order valence-corrected chi connectivity index (χ0v) is 10.2. The molecular formula is C12H15F2NO3.